The fraction of sp³-hybridized carbons (Fsp3) is 0.524. The Bertz CT molecular complexity index is 775. The van der Waals surface area contributed by atoms with Crippen LogP contribution in [0, 0.1) is 13.8 Å². The third-order valence-electron chi connectivity index (χ3n) is 4.74. The van der Waals surface area contributed by atoms with E-state index in [-0.39, 0.29) is 6.04 Å². The third-order valence-corrected chi connectivity index (χ3v) is 4.74. The Morgan fingerprint density at radius 1 is 1.30 bits per heavy atom. The summed E-state index contributed by atoms with van der Waals surface area (Å²) in [6.45, 7) is 9.95. The van der Waals surface area contributed by atoms with E-state index in [0.29, 0.717) is 6.54 Å². The number of aliphatic imine (C=N–C) groups is 1. The Morgan fingerprint density at radius 2 is 2.04 bits per heavy atom. The van der Waals surface area contributed by atoms with E-state index in [4.69, 9.17) is 4.99 Å². The number of guanidine groups is 1. The minimum atomic E-state index is 0.262. The lowest BCUT2D eigenvalue weighted by molar-refractivity contribution is 0.636. The van der Waals surface area contributed by atoms with Gasteiger partial charge in [0.2, 0.25) is 0 Å². The molecule has 0 saturated carbocycles. The van der Waals surface area contributed by atoms with Gasteiger partial charge in [-0.1, -0.05) is 12.1 Å². The summed E-state index contributed by atoms with van der Waals surface area (Å²) in [5.41, 5.74) is 6.03. The van der Waals surface area contributed by atoms with Crippen LogP contribution in [0.25, 0.3) is 0 Å². The molecule has 0 saturated heterocycles. The Labute approximate surface area is 163 Å². The van der Waals surface area contributed by atoms with Gasteiger partial charge in [-0.25, -0.2) is 4.99 Å². The molecule has 2 aromatic rings. The van der Waals surface area contributed by atoms with Crippen LogP contribution >= 0.6 is 0 Å². The van der Waals surface area contributed by atoms with Crippen molar-refractivity contribution in [2.24, 2.45) is 12.0 Å². The topological polar surface area (TPSA) is 57.5 Å². The zero-order valence-corrected chi connectivity index (χ0v) is 17.8. The van der Waals surface area contributed by atoms with Crippen LogP contribution in [0.1, 0.15) is 36.4 Å². The zero-order chi connectivity index (χ0) is 20.0. The maximum Gasteiger partial charge on any atom is 0.191 e. The number of hydrogen-bond donors (Lipinski definition) is 2. The van der Waals surface area contributed by atoms with Gasteiger partial charge in [0.1, 0.15) is 0 Å². The summed E-state index contributed by atoms with van der Waals surface area (Å²) in [4.78, 5) is 6.88. The van der Waals surface area contributed by atoms with Crippen molar-refractivity contribution in [2.75, 3.05) is 25.5 Å². The van der Waals surface area contributed by atoms with Gasteiger partial charge in [0, 0.05) is 45.1 Å². The summed E-state index contributed by atoms with van der Waals surface area (Å²) in [6.07, 6.45) is 0.923. The summed E-state index contributed by atoms with van der Waals surface area (Å²) < 4.78 is 1.95. The number of nitrogens with zero attached hydrogens (tertiary/aromatic N) is 4. The van der Waals surface area contributed by atoms with Gasteiger partial charge < -0.3 is 15.5 Å². The van der Waals surface area contributed by atoms with Crippen molar-refractivity contribution in [2.45, 2.75) is 46.7 Å². The fourth-order valence-electron chi connectivity index (χ4n) is 3.13. The van der Waals surface area contributed by atoms with Crippen LogP contribution in [0.2, 0.25) is 0 Å². The highest BCUT2D eigenvalue weighted by molar-refractivity contribution is 5.80. The van der Waals surface area contributed by atoms with Crippen molar-refractivity contribution >= 4 is 11.6 Å². The van der Waals surface area contributed by atoms with Gasteiger partial charge in [-0.15, -0.1) is 0 Å². The minimum Gasteiger partial charge on any atom is -0.378 e. The molecule has 1 heterocycles. The average molecular weight is 371 g/mol. The number of benzene rings is 1. The summed E-state index contributed by atoms with van der Waals surface area (Å²) in [5, 5.41) is 11.4. The summed E-state index contributed by atoms with van der Waals surface area (Å²) in [5.74, 6) is 0.847. The van der Waals surface area contributed by atoms with Gasteiger partial charge in [-0.05, 0) is 57.4 Å². The van der Waals surface area contributed by atoms with E-state index in [1.807, 2.05) is 11.7 Å². The molecule has 0 aliphatic heterocycles. The van der Waals surface area contributed by atoms with Crippen molar-refractivity contribution in [1.29, 1.82) is 0 Å². The van der Waals surface area contributed by atoms with E-state index < -0.39 is 0 Å². The molecule has 6 nitrogen and oxygen atoms in total. The molecule has 6 heteroatoms. The Morgan fingerprint density at radius 3 is 2.63 bits per heavy atom. The number of anilines is 1. The van der Waals surface area contributed by atoms with E-state index >= 15 is 0 Å². The zero-order valence-electron chi connectivity index (χ0n) is 17.8. The van der Waals surface area contributed by atoms with E-state index in [1.54, 1.807) is 0 Å². The molecule has 1 unspecified atom stereocenters. The lowest BCUT2D eigenvalue weighted by Gasteiger charge is -2.18. The molecule has 148 valence electrons. The fourth-order valence-corrected chi connectivity index (χ4v) is 3.13. The highest BCUT2D eigenvalue weighted by Crippen LogP contribution is 2.15. The maximum absolute atomic E-state index is 4.77. The number of rotatable bonds is 7. The van der Waals surface area contributed by atoms with Crippen LogP contribution < -0.4 is 15.5 Å². The lowest BCUT2D eigenvalue weighted by Crippen LogP contribution is -2.43. The minimum absolute atomic E-state index is 0.262. The molecule has 2 N–H and O–H groups in total. The van der Waals surface area contributed by atoms with Crippen molar-refractivity contribution in [3.8, 4) is 0 Å². The first-order chi connectivity index (χ1) is 12.8. The number of nitrogens with one attached hydrogen (secondary N) is 2. The number of aryl methyl sites for hydroxylation is 2. The molecule has 0 amide bonds. The largest absolute Gasteiger partial charge is 0.378 e. The predicted octanol–water partition coefficient (Wildman–Crippen LogP) is 2.79. The first kappa shape index (κ1) is 20.8. The third kappa shape index (κ3) is 5.74. The molecule has 1 aromatic heterocycles. The molecule has 27 heavy (non-hydrogen) atoms. The highest BCUT2D eigenvalue weighted by atomic mass is 15.3. The lowest BCUT2D eigenvalue weighted by atomic mass is 10.1. The Hall–Kier alpha value is -2.50. The molecule has 0 fully saturated rings. The normalized spacial score (nSPS) is 12.8. The van der Waals surface area contributed by atoms with Gasteiger partial charge in [0.05, 0.1) is 12.2 Å². The predicted molar refractivity (Wildman–Crippen MR) is 115 cm³/mol. The van der Waals surface area contributed by atoms with E-state index in [9.17, 15) is 0 Å². The van der Waals surface area contributed by atoms with Gasteiger partial charge >= 0.3 is 0 Å². The average Bonchev–Trinajstić information content (AvgIpc) is 2.86. The van der Waals surface area contributed by atoms with Crippen LogP contribution in [-0.2, 0) is 20.0 Å². The molecule has 0 radical (unpaired) electrons. The van der Waals surface area contributed by atoms with Crippen LogP contribution in [0.5, 0.6) is 0 Å². The molecule has 0 spiro atoms. The SMILES string of the molecule is CCNC(=NCc1cccc(N(C)C)c1)NC(C)Cc1c(C)nn(C)c1C. The second-order valence-electron chi connectivity index (χ2n) is 7.28. The summed E-state index contributed by atoms with van der Waals surface area (Å²) >= 11 is 0. The second kappa shape index (κ2) is 9.44. The van der Waals surface area contributed by atoms with Crippen molar-refractivity contribution in [1.82, 2.24) is 20.4 Å². The number of aromatic nitrogens is 2. The number of hydrogen-bond acceptors (Lipinski definition) is 3. The molecule has 0 aliphatic rings. The van der Waals surface area contributed by atoms with Crippen LogP contribution in [0.15, 0.2) is 29.3 Å². The highest BCUT2D eigenvalue weighted by Gasteiger charge is 2.14. The monoisotopic (exact) mass is 370 g/mol. The van der Waals surface area contributed by atoms with E-state index in [0.717, 1.165) is 24.6 Å². The molecular formula is C21H34N6. The van der Waals surface area contributed by atoms with E-state index in [1.165, 1.54) is 22.5 Å². The Balaban J connectivity index is 2.05. The smallest absolute Gasteiger partial charge is 0.191 e. The first-order valence-corrected chi connectivity index (χ1v) is 9.62. The van der Waals surface area contributed by atoms with Crippen LogP contribution in [0.4, 0.5) is 5.69 Å². The maximum atomic E-state index is 4.77. The van der Waals surface area contributed by atoms with Gasteiger partial charge in [-0.2, -0.15) is 5.10 Å². The molecule has 0 bridgehead atoms. The molecule has 0 aliphatic carbocycles. The molecular weight excluding hydrogens is 336 g/mol. The van der Waals surface area contributed by atoms with Crippen molar-refractivity contribution in [3.63, 3.8) is 0 Å². The standard InChI is InChI=1S/C21H34N6/c1-8-22-21(23-14-18-10-9-11-19(13-18)26(5)6)24-15(2)12-20-16(3)25-27(7)17(20)4/h9-11,13,15H,8,12,14H2,1-7H3,(H2,22,23,24). The summed E-state index contributed by atoms with van der Waals surface area (Å²) in [7, 11) is 6.10. The second-order valence-corrected chi connectivity index (χ2v) is 7.28. The van der Waals surface area contributed by atoms with Crippen LogP contribution in [-0.4, -0.2) is 42.4 Å². The molecule has 2 rings (SSSR count). The van der Waals surface area contributed by atoms with Crippen molar-refractivity contribution < 1.29 is 0 Å². The molecule has 1 aromatic carbocycles. The first-order valence-electron chi connectivity index (χ1n) is 9.62. The van der Waals surface area contributed by atoms with Gasteiger partial charge in [0.15, 0.2) is 5.96 Å². The van der Waals surface area contributed by atoms with Gasteiger partial charge in [-0.3, -0.25) is 4.68 Å². The van der Waals surface area contributed by atoms with Crippen molar-refractivity contribution in [3.05, 3.63) is 46.8 Å². The quantitative estimate of drug-likeness (QED) is 0.581. The van der Waals surface area contributed by atoms with E-state index in [2.05, 4.69) is 86.7 Å². The van der Waals surface area contributed by atoms with Gasteiger partial charge in [0.25, 0.3) is 0 Å². The summed E-state index contributed by atoms with van der Waals surface area (Å²) in [6, 6.07) is 8.75. The Kier molecular flexibility index (Phi) is 7.28. The van der Waals surface area contributed by atoms with Crippen LogP contribution in [0.3, 0.4) is 0 Å². The molecule has 1 atom stereocenters.